The largest absolute Gasteiger partial charge is 0.489 e. The Balaban J connectivity index is 1.90. The Morgan fingerprint density at radius 2 is 1.35 bits per heavy atom. The highest BCUT2D eigenvalue weighted by molar-refractivity contribution is 5.92. The number of carboxylic acid groups (broad SMARTS) is 1. The van der Waals surface area contributed by atoms with Crippen LogP contribution in [0.1, 0.15) is 34.0 Å². The highest BCUT2D eigenvalue weighted by Gasteiger charge is 2.20. The summed E-state index contributed by atoms with van der Waals surface area (Å²) in [4.78, 5) is 24.0. The lowest BCUT2D eigenvalue weighted by Gasteiger charge is -2.16. The zero-order chi connectivity index (χ0) is 22.1. The number of hydrogen-bond donors (Lipinski definition) is 1. The number of hydrogen-bond acceptors (Lipinski definition) is 5. The molecule has 1 N–H and O–H groups in total. The van der Waals surface area contributed by atoms with Crippen LogP contribution >= 0.6 is 0 Å². The van der Waals surface area contributed by atoms with Crippen molar-refractivity contribution in [3.63, 3.8) is 0 Å². The third-order valence-electron chi connectivity index (χ3n) is 4.51. The van der Waals surface area contributed by atoms with Gasteiger partial charge in [0.05, 0.1) is 13.0 Å². The minimum atomic E-state index is -1.14. The number of esters is 1. The summed E-state index contributed by atoms with van der Waals surface area (Å²) in [6, 6.07) is 21.9. The van der Waals surface area contributed by atoms with E-state index in [1.165, 1.54) is 6.07 Å². The maximum atomic E-state index is 12.1. The fourth-order valence-electron chi connectivity index (χ4n) is 3.00. The molecule has 0 amide bonds. The highest BCUT2D eigenvalue weighted by atomic mass is 16.5. The lowest BCUT2D eigenvalue weighted by atomic mass is 10.1. The number of benzene rings is 3. The molecule has 0 aliphatic heterocycles. The topological polar surface area (TPSA) is 82.1 Å². The Morgan fingerprint density at radius 3 is 1.87 bits per heavy atom. The van der Waals surface area contributed by atoms with Crippen LogP contribution in [0.2, 0.25) is 0 Å². The molecule has 3 rings (SSSR count). The first-order chi connectivity index (χ1) is 15.1. The van der Waals surface area contributed by atoms with E-state index in [1.54, 1.807) is 13.0 Å². The summed E-state index contributed by atoms with van der Waals surface area (Å²) in [7, 11) is 0. The van der Waals surface area contributed by atoms with E-state index in [0.717, 1.165) is 11.1 Å². The zero-order valence-electron chi connectivity index (χ0n) is 17.2. The standard InChI is InChI=1S/C25H24O6/c1-2-29-24(26)14-20-13-23(31-17-19-11-7-4-8-12-19)21(25(27)28)15-22(20)30-16-18-9-5-3-6-10-18/h3-13,15H,2,14,16-17H2,1H3,(H,27,28). The van der Waals surface area contributed by atoms with E-state index in [-0.39, 0.29) is 37.6 Å². The van der Waals surface area contributed by atoms with Gasteiger partial charge < -0.3 is 19.3 Å². The molecule has 0 atom stereocenters. The summed E-state index contributed by atoms with van der Waals surface area (Å²) >= 11 is 0. The lowest BCUT2D eigenvalue weighted by Crippen LogP contribution is -2.11. The van der Waals surface area contributed by atoms with Gasteiger partial charge in [-0.05, 0) is 30.2 Å². The number of carbonyl (C=O) groups is 2. The number of carbonyl (C=O) groups excluding carboxylic acids is 1. The minimum absolute atomic E-state index is 0.0356. The van der Waals surface area contributed by atoms with Crippen molar-refractivity contribution in [3.05, 3.63) is 95.1 Å². The van der Waals surface area contributed by atoms with Gasteiger partial charge in [-0.15, -0.1) is 0 Å². The third-order valence-corrected chi connectivity index (χ3v) is 4.51. The van der Waals surface area contributed by atoms with Gasteiger partial charge in [0.2, 0.25) is 0 Å². The van der Waals surface area contributed by atoms with Gasteiger partial charge >= 0.3 is 11.9 Å². The SMILES string of the molecule is CCOC(=O)Cc1cc(OCc2ccccc2)c(C(=O)O)cc1OCc1ccccc1. The van der Waals surface area contributed by atoms with Gasteiger partial charge in [0, 0.05) is 5.56 Å². The summed E-state index contributed by atoms with van der Waals surface area (Å²) in [6.45, 7) is 2.42. The van der Waals surface area contributed by atoms with E-state index in [4.69, 9.17) is 14.2 Å². The van der Waals surface area contributed by atoms with Gasteiger partial charge in [-0.3, -0.25) is 4.79 Å². The molecular weight excluding hydrogens is 396 g/mol. The maximum absolute atomic E-state index is 12.1. The van der Waals surface area contributed by atoms with E-state index in [9.17, 15) is 14.7 Å². The van der Waals surface area contributed by atoms with Crippen molar-refractivity contribution in [3.8, 4) is 11.5 Å². The molecule has 3 aromatic carbocycles. The monoisotopic (exact) mass is 420 g/mol. The second-order valence-corrected chi connectivity index (χ2v) is 6.79. The average molecular weight is 420 g/mol. The molecule has 0 heterocycles. The molecule has 0 saturated carbocycles. The van der Waals surface area contributed by atoms with Crippen LogP contribution in [0.15, 0.2) is 72.8 Å². The Morgan fingerprint density at radius 1 is 0.806 bits per heavy atom. The second-order valence-electron chi connectivity index (χ2n) is 6.79. The molecular formula is C25H24O6. The van der Waals surface area contributed by atoms with Crippen molar-refractivity contribution in [1.29, 1.82) is 0 Å². The first-order valence-electron chi connectivity index (χ1n) is 9.96. The Kier molecular flexibility index (Phi) is 7.65. The summed E-state index contributed by atoms with van der Waals surface area (Å²) in [5, 5.41) is 9.70. The first-order valence-corrected chi connectivity index (χ1v) is 9.96. The third kappa shape index (κ3) is 6.34. The van der Waals surface area contributed by atoms with E-state index in [0.29, 0.717) is 11.3 Å². The molecule has 0 aliphatic carbocycles. The number of rotatable bonds is 10. The van der Waals surface area contributed by atoms with Crippen LogP contribution in [0.5, 0.6) is 11.5 Å². The minimum Gasteiger partial charge on any atom is -0.489 e. The molecule has 6 heteroatoms. The van der Waals surface area contributed by atoms with Gasteiger partial charge in [0.1, 0.15) is 30.3 Å². The normalized spacial score (nSPS) is 10.4. The fraction of sp³-hybridized carbons (Fsp3) is 0.200. The van der Waals surface area contributed by atoms with Gasteiger partial charge in [-0.25, -0.2) is 4.79 Å². The van der Waals surface area contributed by atoms with Crippen LogP contribution in [0.4, 0.5) is 0 Å². The number of carboxylic acids is 1. The van der Waals surface area contributed by atoms with Crippen molar-refractivity contribution in [2.75, 3.05) is 6.61 Å². The summed E-state index contributed by atoms with van der Waals surface area (Å²) in [6.07, 6.45) is -0.0560. The van der Waals surface area contributed by atoms with Crippen LogP contribution in [0.3, 0.4) is 0 Å². The second kappa shape index (κ2) is 10.8. The Hall–Kier alpha value is -3.80. The lowest BCUT2D eigenvalue weighted by molar-refractivity contribution is -0.142. The van der Waals surface area contributed by atoms with Crippen LogP contribution in [0.25, 0.3) is 0 Å². The van der Waals surface area contributed by atoms with E-state index < -0.39 is 11.9 Å². The van der Waals surface area contributed by atoms with Gasteiger partial charge in [-0.1, -0.05) is 60.7 Å². The number of ether oxygens (including phenoxy) is 3. The van der Waals surface area contributed by atoms with Crippen molar-refractivity contribution in [2.24, 2.45) is 0 Å². The maximum Gasteiger partial charge on any atom is 0.339 e. The van der Waals surface area contributed by atoms with Crippen LogP contribution in [-0.4, -0.2) is 23.7 Å². The van der Waals surface area contributed by atoms with Gasteiger partial charge in [0.25, 0.3) is 0 Å². The van der Waals surface area contributed by atoms with Crippen molar-refractivity contribution < 1.29 is 28.9 Å². The summed E-state index contributed by atoms with van der Waals surface area (Å²) in [5.74, 6) is -1.09. The zero-order valence-corrected chi connectivity index (χ0v) is 17.2. The van der Waals surface area contributed by atoms with Crippen molar-refractivity contribution in [2.45, 2.75) is 26.6 Å². The molecule has 6 nitrogen and oxygen atoms in total. The molecule has 0 aromatic heterocycles. The average Bonchev–Trinajstić information content (AvgIpc) is 2.78. The van der Waals surface area contributed by atoms with Crippen molar-refractivity contribution in [1.82, 2.24) is 0 Å². The molecule has 0 saturated heterocycles. The van der Waals surface area contributed by atoms with E-state index in [2.05, 4.69) is 0 Å². The Bertz CT molecular complexity index is 1010. The highest BCUT2D eigenvalue weighted by Crippen LogP contribution is 2.31. The Labute approximate surface area is 181 Å². The van der Waals surface area contributed by atoms with Gasteiger partial charge in [0.15, 0.2) is 0 Å². The molecule has 0 fully saturated rings. The quantitative estimate of drug-likeness (QED) is 0.481. The van der Waals surface area contributed by atoms with E-state index in [1.807, 2.05) is 60.7 Å². The molecule has 0 unspecified atom stereocenters. The molecule has 0 aliphatic rings. The predicted octanol–water partition coefficient (Wildman–Crippen LogP) is 4.65. The van der Waals surface area contributed by atoms with Crippen molar-refractivity contribution >= 4 is 11.9 Å². The molecule has 3 aromatic rings. The molecule has 31 heavy (non-hydrogen) atoms. The molecule has 0 spiro atoms. The first kappa shape index (κ1) is 21.9. The molecule has 160 valence electrons. The fourth-order valence-corrected chi connectivity index (χ4v) is 3.00. The molecule has 0 radical (unpaired) electrons. The predicted molar refractivity (Wildman–Crippen MR) is 115 cm³/mol. The van der Waals surface area contributed by atoms with Crippen LogP contribution in [0, 0.1) is 0 Å². The number of aromatic carboxylic acids is 1. The summed E-state index contributed by atoms with van der Waals surface area (Å²) in [5.41, 5.74) is 2.29. The smallest absolute Gasteiger partial charge is 0.339 e. The summed E-state index contributed by atoms with van der Waals surface area (Å²) < 4.78 is 16.7. The molecule has 0 bridgehead atoms. The van der Waals surface area contributed by atoms with Crippen LogP contribution < -0.4 is 9.47 Å². The van der Waals surface area contributed by atoms with E-state index >= 15 is 0 Å². The van der Waals surface area contributed by atoms with Gasteiger partial charge in [-0.2, -0.15) is 0 Å². The van der Waals surface area contributed by atoms with Crippen LogP contribution in [-0.2, 0) is 29.2 Å².